The summed E-state index contributed by atoms with van der Waals surface area (Å²) in [6.07, 6.45) is 4.71. The first-order valence-electron chi connectivity index (χ1n) is 14.1. The molecule has 2 aromatic heterocycles. The molecule has 38 heavy (non-hydrogen) atoms. The first-order chi connectivity index (χ1) is 19.6. The average molecular weight is 536 g/mol. The number of anilines is 3. The largest absolute Gasteiger partial charge is 0.489 e. The van der Waals surface area contributed by atoms with Crippen LogP contribution < -0.4 is 21.1 Å². The first kappa shape index (κ1) is 21.3. The van der Waals surface area contributed by atoms with Gasteiger partial charge in [-0.2, -0.15) is 14.3 Å². The predicted octanol–water partition coefficient (Wildman–Crippen LogP) is 1.97. The van der Waals surface area contributed by atoms with E-state index in [1.54, 1.807) is 0 Å². The van der Waals surface area contributed by atoms with E-state index in [0.29, 0.717) is 16.8 Å². The van der Waals surface area contributed by atoms with Crippen LogP contribution in [0.1, 0.15) is 45.0 Å². The van der Waals surface area contributed by atoms with Crippen molar-refractivity contribution in [1.29, 1.82) is 0 Å². The van der Waals surface area contributed by atoms with E-state index in [-0.39, 0.29) is 34.7 Å². The highest BCUT2D eigenvalue weighted by atomic mass is 19.1. The molecule has 0 saturated carbocycles. The Bertz CT molecular complexity index is 1550. The minimum absolute atomic E-state index is 0.0531. The third-order valence-corrected chi connectivity index (χ3v) is 6.99. The van der Waals surface area contributed by atoms with Crippen molar-refractivity contribution < 1.29 is 24.1 Å². The van der Waals surface area contributed by atoms with Gasteiger partial charge in [-0.25, -0.2) is 18.6 Å². The third-order valence-electron chi connectivity index (χ3n) is 6.99. The molecule has 204 valence electrons. The Kier molecular flexibility index (Phi) is 5.75. The Balaban J connectivity index is 1.45. The van der Waals surface area contributed by atoms with Crippen LogP contribution in [0.5, 0.6) is 5.75 Å². The maximum Gasteiger partial charge on any atom is 0.368 e. The third kappa shape index (κ3) is 5.05. The average Bonchev–Trinajstić information content (AvgIpc) is 3.49. The van der Waals surface area contributed by atoms with Gasteiger partial charge in [0, 0.05) is 30.7 Å². The molecule has 2 saturated heterocycles. The number of hydrogen-bond acceptors (Lipinski definition) is 10. The summed E-state index contributed by atoms with van der Waals surface area (Å²) < 4.78 is 66.6. The highest BCUT2D eigenvalue weighted by Crippen LogP contribution is 2.38. The quantitative estimate of drug-likeness (QED) is 0.393. The second-order valence-corrected chi connectivity index (χ2v) is 10.0. The number of piperidine rings is 1. The Hall–Kier alpha value is -3.65. The second kappa shape index (κ2) is 10.3. The van der Waals surface area contributed by atoms with Gasteiger partial charge in [-0.1, -0.05) is 0 Å². The van der Waals surface area contributed by atoms with Gasteiger partial charge in [0.15, 0.2) is 17.5 Å². The monoisotopic (exact) mass is 535 g/mol. The second-order valence-electron chi connectivity index (χ2n) is 10.0. The van der Waals surface area contributed by atoms with Crippen molar-refractivity contribution in [2.45, 2.75) is 57.2 Å². The number of aryl methyl sites for hydroxylation is 1. The smallest absolute Gasteiger partial charge is 0.368 e. The molecule has 0 bridgehead atoms. The van der Waals surface area contributed by atoms with Crippen LogP contribution in [0.15, 0.2) is 23.1 Å². The number of benzene rings is 1. The number of tetrazole rings is 1. The zero-order valence-corrected chi connectivity index (χ0v) is 21.1. The SMILES string of the molecule is [2H]C([2H])(O)C([2H])([2H])Oc1cc(F)c(Nc2ncc(F)c(N[C@@H]3C[C@@H]4CCCN4C(C)(C)C3)n2)cc1-n1nnn(C)c1=O. The Morgan fingerprint density at radius 2 is 2.11 bits per heavy atom. The van der Waals surface area contributed by atoms with Crippen LogP contribution >= 0.6 is 0 Å². The van der Waals surface area contributed by atoms with E-state index < -0.39 is 36.2 Å². The van der Waals surface area contributed by atoms with Gasteiger partial charge in [-0.3, -0.25) is 4.90 Å². The van der Waals surface area contributed by atoms with Crippen molar-refractivity contribution in [3.63, 3.8) is 0 Å². The van der Waals surface area contributed by atoms with Gasteiger partial charge in [0.1, 0.15) is 18.0 Å². The molecule has 1 aromatic carbocycles. The van der Waals surface area contributed by atoms with E-state index in [1.807, 2.05) is 0 Å². The molecule has 2 aliphatic heterocycles. The Morgan fingerprint density at radius 1 is 1.29 bits per heavy atom. The number of aromatic nitrogens is 6. The fourth-order valence-corrected chi connectivity index (χ4v) is 5.39. The summed E-state index contributed by atoms with van der Waals surface area (Å²) in [7, 11) is 1.29. The molecular weight excluding hydrogens is 500 g/mol. The number of hydrogen-bond donors (Lipinski definition) is 3. The zero-order valence-electron chi connectivity index (χ0n) is 25.1. The van der Waals surface area contributed by atoms with Crippen molar-refractivity contribution in [2.75, 3.05) is 30.3 Å². The van der Waals surface area contributed by atoms with Gasteiger partial charge in [0.05, 0.1) is 23.9 Å². The normalized spacial score (nSPS) is 23.1. The zero-order chi connectivity index (χ0) is 30.6. The predicted molar refractivity (Wildman–Crippen MR) is 135 cm³/mol. The highest BCUT2D eigenvalue weighted by molar-refractivity contribution is 5.63. The molecule has 12 nitrogen and oxygen atoms in total. The molecule has 3 N–H and O–H groups in total. The van der Waals surface area contributed by atoms with Gasteiger partial charge < -0.3 is 20.5 Å². The van der Waals surface area contributed by atoms with E-state index in [2.05, 4.69) is 49.8 Å². The van der Waals surface area contributed by atoms with Crippen molar-refractivity contribution in [3.05, 3.63) is 40.4 Å². The Morgan fingerprint density at radius 3 is 2.84 bits per heavy atom. The molecular formula is C24H31F2N9O3. The lowest BCUT2D eigenvalue weighted by Gasteiger charge is -2.47. The summed E-state index contributed by atoms with van der Waals surface area (Å²) in [6.45, 7) is -1.47. The van der Waals surface area contributed by atoms with Crippen molar-refractivity contribution >= 4 is 17.5 Å². The van der Waals surface area contributed by atoms with Crippen molar-refractivity contribution in [2.24, 2.45) is 7.05 Å². The number of ether oxygens (including phenoxy) is 1. The number of halogens is 2. The topological polar surface area (TPSA) is 135 Å². The number of aliphatic hydroxyl groups is 1. The molecule has 5 rings (SSSR count). The molecule has 2 fully saturated rings. The number of nitrogens with one attached hydrogen (secondary N) is 2. The van der Waals surface area contributed by atoms with E-state index in [9.17, 15) is 14.3 Å². The fraction of sp³-hybridized carbons (Fsp3) is 0.542. The van der Waals surface area contributed by atoms with Crippen LogP contribution in [-0.2, 0) is 7.05 Å². The van der Waals surface area contributed by atoms with E-state index in [0.717, 1.165) is 49.2 Å². The standard InChI is InChI=1S/C24H31F2N9O3/c1-24(2)12-14(9-15-5-4-6-34(15)24)28-21-17(26)13-27-22(30-21)29-18-11-19(35-23(37)33(3)31-32-35)20(10-16(18)25)38-8-7-36/h10-11,13-15,36H,4-9,12H2,1-3H3,(H2,27,28,29,30)/t14-,15+/m1/s1/i7D2,8D2. The lowest BCUT2D eigenvalue weighted by molar-refractivity contribution is 0.0500. The number of rotatable bonds is 8. The fourth-order valence-electron chi connectivity index (χ4n) is 5.39. The summed E-state index contributed by atoms with van der Waals surface area (Å²) >= 11 is 0. The molecule has 0 unspecified atom stereocenters. The molecule has 0 spiro atoms. The van der Waals surface area contributed by atoms with Crippen LogP contribution in [-0.4, -0.2) is 77.1 Å². The van der Waals surface area contributed by atoms with Gasteiger partial charge in [-0.05, 0) is 62.6 Å². The van der Waals surface area contributed by atoms with Crippen LogP contribution in [0.2, 0.25) is 0 Å². The minimum atomic E-state index is -3.49. The maximum absolute atomic E-state index is 15.3. The minimum Gasteiger partial charge on any atom is -0.489 e. The molecule has 2 atom stereocenters. The molecule has 0 aliphatic carbocycles. The number of nitrogens with zero attached hydrogens (tertiary/aromatic N) is 7. The molecule has 3 aromatic rings. The van der Waals surface area contributed by atoms with Crippen LogP contribution in [0, 0.1) is 11.6 Å². The Labute approximate surface area is 223 Å². The van der Waals surface area contributed by atoms with Gasteiger partial charge in [0.2, 0.25) is 5.95 Å². The summed E-state index contributed by atoms with van der Waals surface area (Å²) in [4.78, 5) is 23.2. The molecule has 0 radical (unpaired) electrons. The van der Waals surface area contributed by atoms with Crippen molar-refractivity contribution in [3.8, 4) is 11.4 Å². The van der Waals surface area contributed by atoms with Gasteiger partial charge >= 0.3 is 5.69 Å². The molecule has 14 heteroatoms. The first-order valence-corrected chi connectivity index (χ1v) is 12.1. The summed E-state index contributed by atoms with van der Waals surface area (Å²) in [5, 5.41) is 22.6. The lowest BCUT2D eigenvalue weighted by Crippen LogP contribution is -2.55. The van der Waals surface area contributed by atoms with E-state index in [4.69, 9.17) is 10.2 Å². The van der Waals surface area contributed by atoms with E-state index in [1.165, 1.54) is 7.05 Å². The van der Waals surface area contributed by atoms with Crippen LogP contribution in [0.25, 0.3) is 5.69 Å². The number of fused-ring (bicyclic) bond motifs is 1. The van der Waals surface area contributed by atoms with Gasteiger partial charge in [0.25, 0.3) is 0 Å². The summed E-state index contributed by atoms with van der Waals surface area (Å²) in [6, 6.07) is 2.02. The van der Waals surface area contributed by atoms with Crippen LogP contribution in [0.3, 0.4) is 0 Å². The summed E-state index contributed by atoms with van der Waals surface area (Å²) in [5.41, 5.74) is -1.54. The maximum atomic E-state index is 15.3. The van der Waals surface area contributed by atoms with E-state index >= 15 is 4.39 Å². The van der Waals surface area contributed by atoms with Crippen LogP contribution in [0.4, 0.5) is 26.2 Å². The van der Waals surface area contributed by atoms with Gasteiger partial charge in [-0.15, -0.1) is 0 Å². The molecule has 4 heterocycles. The molecule has 2 aliphatic rings. The molecule has 0 amide bonds. The highest BCUT2D eigenvalue weighted by Gasteiger charge is 2.43. The summed E-state index contributed by atoms with van der Waals surface area (Å²) in [5.74, 6) is -2.64. The van der Waals surface area contributed by atoms with Crippen molar-refractivity contribution in [1.82, 2.24) is 34.7 Å². The lowest BCUT2D eigenvalue weighted by atomic mass is 9.84.